The molecule has 0 heterocycles. The molecule has 0 spiro atoms. The van der Waals surface area contributed by atoms with Gasteiger partial charge in [-0.15, -0.1) is 0 Å². The number of carbonyl (C=O) groups is 1. The van der Waals surface area contributed by atoms with Gasteiger partial charge in [0.15, 0.2) is 0 Å². The number of anilines is 2. The van der Waals surface area contributed by atoms with Crippen LogP contribution in [0.4, 0.5) is 20.2 Å². The molecule has 1 amide bonds. The van der Waals surface area contributed by atoms with Crippen LogP contribution in [0, 0.1) is 11.6 Å². The maximum atomic E-state index is 13.1. The molecule has 2 aromatic rings. The summed E-state index contributed by atoms with van der Waals surface area (Å²) in [6.07, 6.45) is 0. The maximum Gasteiger partial charge on any atom is 0.260 e. The number of halogens is 2. The van der Waals surface area contributed by atoms with Gasteiger partial charge in [0, 0.05) is 18.4 Å². The van der Waals surface area contributed by atoms with Gasteiger partial charge in [-0.1, -0.05) is 6.07 Å². The first kappa shape index (κ1) is 13.0. The molecule has 0 aliphatic carbocycles. The zero-order valence-corrected chi connectivity index (χ0v) is 10.2. The lowest BCUT2D eigenvalue weighted by atomic mass is 10.1. The lowest BCUT2D eigenvalue weighted by Crippen LogP contribution is -2.27. The van der Waals surface area contributed by atoms with Crippen molar-refractivity contribution >= 4 is 17.3 Å². The Balaban J connectivity index is 2.33. The van der Waals surface area contributed by atoms with Crippen molar-refractivity contribution < 1.29 is 13.6 Å². The van der Waals surface area contributed by atoms with E-state index in [1.807, 2.05) is 0 Å². The number of carbonyl (C=O) groups excluding carboxylic acids is 1. The standard InChI is InChI=1S/C14H12F2N2O/c1-18(11-4-2-3-9(15)7-11)14(19)12-6-5-10(16)8-13(12)17/h2-8H,17H2,1H3. The second-order valence-corrected chi connectivity index (χ2v) is 4.08. The quantitative estimate of drug-likeness (QED) is 0.846. The summed E-state index contributed by atoms with van der Waals surface area (Å²) in [5, 5.41) is 0. The molecule has 0 unspecified atom stereocenters. The molecule has 0 saturated carbocycles. The van der Waals surface area contributed by atoms with Gasteiger partial charge in [0.1, 0.15) is 11.6 Å². The third-order valence-electron chi connectivity index (χ3n) is 2.74. The molecule has 0 aromatic heterocycles. The molecular weight excluding hydrogens is 250 g/mol. The summed E-state index contributed by atoms with van der Waals surface area (Å²) in [7, 11) is 1.50. The Morgan fingerprint density at radius 2 is 1.79 bits per heavy atom. The van der Waals surface area contributed by atoms with Crippen LogP contribution in [0.3, 0.4) is 0 Å². The molecule has 0 fully saturated rings. The lowest BCUT2D eigenvalue weighted by molar-refractivity contribution is 0.0994. The first-order valence-electron chi connectivity index (χ1n) is 5.57. The van der Waals surface area contributed by atoms with Gasteiger partial charge >= 0.3 is 0 Å². The van der Waals surface area contributed by atoms with Crippen LogP contribution in [0.1, 0.15) is 10.4 Å². The van der Waals surface area contributed by atoms with E-state index in [1.54, 1.807) is 6.07 Å². The third-order valence-corrected chi connectivity index (χ3v) is 2.74. The summed E-state index contributed by atoms with van der Waals surface area (Å²) in [6, 6.07) is 9.16. The fourth-order valence-electron chi connectivity index (χ4n) is 1.71. The van der Waals surface area contributed by atoms with Gasteiger partial charge in [-0.2, -0.15) is 0 Å². The highest BCUT2D eigenvalue weighted by Crippen LogP contribution is 2.20. The largest absolute Gasteiger partial charge is 0.398 e. The molecule has 0 bridgehead atoms. The van der Waals surface area contributed by atoms with E-state index in [4.69, 9.17) is 5.73 Å². The Morgan fingerprint density at radius 3 is 2.42 bits per heavy atom. The Kier molecular flexibility index (Phi) is 3.46. The van der Waals surface area contributed by atoms with Crippen LogP contribution in [0.5, 0.6) is 0 Å². The normalized spacial score (nSPS) is 10.3. The van der Waals surface area contributed by atoms with Crippen LogP contribution in [0.25, 0.3) is 0 Å². The second kappa shape index (κ2) is 5.06. The van der Waals surface area contributed by atoms with Crippen LogP contribution in [-0.4, -0.2) is 13.0 Å². The molecule has 0 atom stereocenters. The number of hydrogen-bond acceptors (Lipinski definition) is 2. The Bertz CT molecular complexity index is 629. The molecule has 0 aliphatic heterocycles. The number of nitrogens with zero attached hydrogens (tertiary/aromatic N) is 1. The summed E-state index contributed by atoms with van der Waals surface area (Å²) in [6.45, 7) is 0. The first-order valence-corrected chi connectivity index (χ1v) is 5.57. The molecule has 0 radical (unpaired) electrons. The highest BCUT2D eigenvalue weighted by molar-refractivity contribution is 6.08. The van der Waals surface area contributed by atoms with E-state index < -0.39 is 17.5 Å². The van der Waals surface area contributed by atoms with Crippen LogP contribution in [0.15, 0.2) is 42.5 Å². The number of hydrogen-bond donors (Lipinski definition) is 1. The predicted octanol–water partition coefficient (Wildman–Crippen LogP) is 2.82. The van der Waals surface area contributed by atoms with Crippen molar-refractivity contribution in [3.8, 4) is 0 Å². The highest BCUT2D eigenvalue weighted by Gasteiger charge is 2.16. The molecule has 2 rings (SSSR count). The Labute approximate surface area is 109 Å². The maximum absolute atomic E-state index is 13.1. The van der Waals surface area contributed by atoms with Gasteiger partial charge in [-0.25, -0.2) is 8.78 Å². The third kappa shape index (κ3) is 2.70. The molecular formula is C14H12F2N2O. The van der Waals surface area contributed by atoms with Gasteiger partial charge < -0.3 is 10.6 Å². The van der Waals surface area contributed by atoms with Gasteiger partial charge in [0.05, 0.1) is 5.56 Å². The number of nitrogen functional groups attached to an aromatic ring is 1. The van der Waals surface area contributed by atoms with E-state index in [2.05, 4.69) is 0 Å². The minimum Gasteiger partial charge on any atom is -0.398 e. The van der Waals surface area contributed by atoms with Crippen LogP contribution >= 0.6 is 0 Å². The summed E-state index contributed by atoms with van der Waals surface area (Å²) < 4.78 is 26.0. The molecule has 98 valence electrons. The Morgan fingerprint density at radius 1 is 1.11 bits per heavy atom. The highest BCUT2D eigenvalue weighted by atomic mass is 19.1. The average molecular weight is 262 g/mol. The molecule has 2 N–H and O–H groups in total. The van der Waals surface area contributed by atoms with Gasteiger partial charge in [-0.05, 0) is 36.4 Å². The van der Waals surface area contributed by atoms with E-state index >= 15 is 0 Å². The topological polar surface area (TPSA) is 46.3 Å². The fourth-order valence-corrected chi connectivity index (χ4v) is 1.71. The number of rotatable bonds is 2. The first-order chi connectivity index (χ1) is 8.99. The molecule has 3 nitrogen and oxygen atoms in total. The van der Waals surface area contributed by atoms with Crippen molar-refractivity contribution in [1.29, 1.82) is 0 Å². The number of amides is 1. The van der Waals surface area contributed by atoms with Crippen molar-refractivity contribution in [2.24, 2.45) is 0 Å². The summed E-state index contributed by atoms with van der Waals surface area (Å²) >= 11 is 0. The SMILES string of the molecule is CN(C(=O)c1ccc(F)cc1N)c1cccc(F)c1. The van der Waals surface area contributed by atoms with Crippen molar-refractivity contribution in [1.82, 2.24) is 0 Å². The van der Waals surface area contributed by atoms with Gasteiger partial charge in [0.2, 0.25) is 0 Å². The minimum atomic E-state index is -0.512. The second-order valence-electron chi connectivity index (χ2n) is 4.08. The summed E-state index contributed by atoms with van der Waals surface area (Å²) in [5.74, 6) is -1.38. The molecule has 19 heavy (non-hydrogen) atoms. The Hall–Kier alpha value is -2.43. The number of benzene rings is 2. The monoisotopic (exact) mass is 262 g/mol. The van der Waals surface area contributed by atoms with Crippen molar-refractivity contribution in [2.45, 2.75) is 0 Å². The predicted molar refractivity (Wildman–Crippen MR) is 69.9 cm³/mol. The lowest BCUT2D eigenvalue weighted by Gasteiger charge is -2.18. The van der Waals surface area contributed by atoms with Crippen molar-refractivity contribution in [2.75, 3.05) is 17.7 Å². The summed E-state index contributed by atoms with van der Waals surface area (Å²) in [4.78, 5) is 13.4. The zero-order chi connectivity index (χ0) is 14.0. The smallest absolute Gasteiger partial charge is 0.260 e. The molecule has 0 aliphatic rings. The minimum absolute atomic E-state index is 0.0493. The van der Waals surface area contributed by atoms with E-state index in [0.29, 0.717) is 5.69 Å². The van der Waals surface area contributed by atoms with E-state index in [0.717, 1.165) is 12.1 Å². The van der Waals surface area contributed by atoms with Crippen molar-refractivity contribution in [3.63, 3.8) is 0 Å². The molecule has 0 saturated heterocycles. The van der Waals surface area contributed by atoms with E-state index in [1.165, 1.54) is 36.2 Å². The van der Waals surface area contributed by atoms with Crippen LogP contribution in [0.2, 0.25) is 0 Å². The summed E-state index contributed by atoms with van der Waals surface area (Å²) in [5.41, 5.74) is 6.23. The average Bonchev–Trinajstić information content (AvgIpc) is 2.37. The van der Waals surface area contributed by atoms with Crippen molar-refractivity contribution in [3.05, 3.63) is 59.7 Å². The van der Waals surface area contributed by atoms with Crippen LogP contribution in [-0.2, 0) is 0 Å². The van der Waals surface area contributed by atoms with Gasteiger partial charge in [0.25, 0.3) is 5.91 Å². The van der Waals surface area contributed by atoms with Crippen LogP contribution < -0.4 is 10.6 Å². The number of nitrogens with two attached hydrogens (primary N) is 1. The molecule has 2 aromatic carbocycles. The fraction of sp³-hybridized carbons (Fsp3) is 0.0714. The van der Waals surface area contributed by atoms with E-state index in [-0.39, 0.29) is 11.3 Å². The van der Waals surface area contributed by atoms with Gasteiger partial charge in [-0.3, -0.25) is 4.79 Å². The molecule has 5 heteroatoms. The zero-order valence-electron chi connectivity index (χ0n) is 10.2. The van der Waals surface area contributed by atoms with E-state index in [9.17, 15) is 13.6 Å².